The van der Waals surface area contributed by atoms with Crippen LogP contribution < -0.4 is 0 Å². The molecule has 2 aromatic carbocycles. The Balaban J connectivity index is 1.83. The first-order valence-electron chi connectivity index (χ1n) is 8.18. The normalized spacial score (nSPS) is 11.2. The molecule has 2 nitrogen and oxygen atoms in total. The van der Waals surface area contributed by atoms with Crippen molar-refractivity contribution in [3.05, 3.63) is 71.4 Å². The van der Waals surface area contributed by atoms with Crippen LogP contribution in [0.4, 0.5) is 0 Å². The third kappa shape index (κ3) is 3.85. The number of carbonyl (C=O) groups is 1. The number of fused-ring (bicyclic) bond motifs is 1. The molecule has 3 rings (SSSR count). The molecule has 0 atom stereocenters. The molecule has 3 aromatic rings. The highest BCUT2D eigenvalue weighted by atomic mass is 32.2. The number of thioether (sulfide) groups is 1. The summed E-state index contributed by atoms with van der Waals surface area (Å²) in [5.41, 5.74) is 3.64. The first-order valence-corrected chi connectivity index (χ1v) is 9.06. The first kappa shape index (κ1) is 16.7. The lowest BCUT2D eigenvalue weighted by molar-refractivity contribution is 0.0993. The van der Waals surface area contributed by atoms with Gasteiger partial charge in [0.25, 0.3) is 0 Å². The van der Waals surface area contributed by atoms with Crippen molar-refractivity contribution in [1.29, 1.82) is 0 Å². The largest absolute Gasteiger partial charge is 0.294 e. The van der Waals surface area contributed by atoms with E-state index in [-0.39, 0.29) is 5.78 Å². The molecule has 1 heterocycles. The molecular formula is C21H21NOS. The van der Waals surface area contributed by atoms with Gasteiger partial charge in [-0.05, 0) is 30.7 Å². The number of hydrogen-bond donors (Lipinski definition) is 0. The van der Waals surface area contributed by atoms with Crippen LogP contribution in [0, 0.1) is 6.92 Å². The smallest absolute Gasteiger partial charge is 0.167 e. The molecule has 3 heteroatoms. The molecule has 0 radical (unpaired) electrons. The Morgan fingerprint density at radius 1 is 1.04 bits per heavy atom. The lowest BCUT2D eigenvalue weighted by atomic mass is 10.0. The Morgan fingerprint density at radius 3 is 2.50 bits per heavy atom. The van der Waals surface area contributed by atoms with Crippen LogP contribution in [-0.2, 0) is 6.42 Å². The number of pyridine rings is 1. The van der Waals surface area contributed by atoms with Crippen molar-refractivity contribution < 1.29 is 4.79 Å². The molecule has 0 aliphatic rings. The van der Waals surface area contributed by atoms with E-state index < -0.39 is 0 Å². The monoisotopic (exact) mass is 335 g/mol. The van der Waals surface area contributed by atoms with Crippen molar-refractivity contribution in [3.8, 4) is 0 Å². The highest BCUT2D eigenvalue weighted by Gasteiger charge is 2.11. The molecule has 0 N–H and O–H groups in total. The molecule has 24 heavy (non-hydrogen) atoms. The number of hydrogen-bond acceptors (Lipinski definition) is 3. The van der Waals surface area contributed by atoms with Crippen molar-refractivity contribution in [3.63, 3.8) is 0 Å². The Kier molecular flexibility index (Phi) is 5.00. The van der Waals surface area contributed by atoms with Gasteiger partial charge in [-0.3, -0.25) is 9.78 Å². The standard InChI is InChI=1S/C21H21NOS/c1-14(2)24-19-11-9-16(10-12-19)20(23)13-18-6-4-5-17-8-7-15(3)22-21(17)18/h4-12,14H,13H2,1-3H3. The fourth-order valence-corrected chi connectivity index (χ4v) is 3.55. The van der Waals surface area contributed by atoms with Crippen LogP contribution in [0.2, 0.25) is 0 Å². The minimum Gasteiger partial charge on any atom is -0.294 e. The van der Waals surface area contributed by atoms with E-state index in [4.69, 9.17) is 0 Å². The third-order valence-electron chi connectivity index (χ3n) is 3.84. The van der Waals surface area contributed by atoms with Crippen LogP contribution in [0.3, 0.4) is 0 Å². The average molecular weight is 335 g/mol. The van der Waals surface area contributed by atoms with Gasteiger partial charge in [0.1, 0.15) is 0 Å². The summed E-state index contributed by atoms with van der Waals surface area (Å²) >= 11 is 1.80. The van der Waals surface area contributed by atoms with Gasteiger partial charge in [0.05, 0.1) is 5.52 Å². The summed E-state index contributed by atoms with van der Waals surface area (Å²) in [5.74, 6) is 0.131. The van der Waals surface area contributed by atoms with Crippen LogP contribution in [0.1, 0.15) is 35.5 Å². The average Bonchev–Trinajstić information content (AvgIpc) is 2.55. The SMILES string of the molecule is Cc1ccc2cccc(CC(=O)c3ccc(SC(C)C)cc3)c2n1. The number of ketones is 1. The van der Waals surface area contributed by atoms with Gasteiger partial charge >= 0.3 is 0 Å². The zero-order chi connectivity index (χ0) is 17.1. The van der Waals surface area contributed by atoms with Gasteiger partial charge in [-0.2, -0.15) is 0 Å². The van der Waals surface area contributed by atoms with E-state index in [0.717, 1.165) is 27.7 Å². The lowest BCUT2D eigenvalue weighted by Crippen LogP contribution is -2.04. The van der Waals surface area contributed by atoms with E-state index in [2.05, 4.69) is 24.9 Å². The summed E-state index contributed by atoms with van der Waals surface area (Å²) in [5, 5.41) is 1.62. The number of aromatic nitrogens is 1. The van der Waals surface area contributed by atoms with Gasteiger partial charge in [-0.25, -0.2) is 0 Å². The zero-order valence-electron chi connectivity index (χ0n) is 14.2. The summed E-state index contributed by atoms with van der Waals surface area (Å²) in [6, 6.07) is 18.0. The number of carbonyl (C=O) groups excluding carboxylic acids is 1. The Hall–Kier alpha value is -2.13. The van der Waals surface area contributed by atoms with Crippen molar-refractivity contribution in [1.82, 2.24) is 4.98 Å². The number of benzene rings is 2. The minimum absolute atomic E-state index is 0.131. The van der Waals surface area contributed by atoms with Gasteiger partial charge in [0, 0.05) is 33.2 Å². The molecule has 1 aromatic heterocycles. The quantitative estimate of drug-likeness (QED) is 0.457. The second-order valence-corrected chi connectivity index (χ2v) is 7.88. The fourth-order valence-electron chi connectivity index (χ4n) is 2.72. The van der Waals surface area contributed by atoms with Gasteiger partial charge in [-0.1, -0.05) is 50.2 Å². The Labute approximate surface area is 147 Å². The van der Waals surface area contributed by atoms with E-state index in [9.17, 15) is 4.79 Å². The van der Waals surface area contributed by atoms with E-state index >= 15 is 0 Å². The third-order valence-corrected chi connectivity index (χ3v) is 4.86. The first-order chi connectivity index (χ1) is 11.5. The molecular weight excluding hydrogens is 314 g/mol. The molecule has 0 aliphatic heterocycles. The molecule has 0 fully saturated rings. The van der Waals surface area contributed by atoms with Gasteiger partial charge in [-0.15, -0.1) is 11.8 Å². The number of Topliss-reactive ketones (excluding diaryl/α,β-unsaturated/α-hetero) is 1. The Morgan fingerprint density at radius 2 is 1.79 bits per heavy atom. The van der Waals surface area contributed by atoms with Crippen LogP contribution in [0.15, 0.2) is 59.5 Å². The van der Waals surface area contributed by atoms with Crippen molar-refractivity contribution in [2.75, 3.05) is 0 Å². The summed E-state index contributed by atoms with van der Waals surface area (Å²) in [4.78, 5) is 18.5. The van der Waals surface area contributed by atoms with E-state index in [1.165, 1.54) is 4.90 Å². The highest BCUT2D eigenvalue weighted by Crippen LogP contribution is 2.24. The second-order valence-electron chi connectivity index (χ2n) is 6.23. The maximum atomic E-state index is 12.6. The molecule has 0 saturated carbocycles. The van der Waals surface area contributed by atoms with Crippen molar-refractivity contribution in [2.24, 2.45) is 0 Å². The van der Waals surface area contributed by atoms with Gasteiger partial charge < -0.3 is 0 Å². The minimum atomic E-state index is 0.131. The fraction of sp³-hybridized carbons (Fsp3) is 0.238. The molecule has 0 unspecified atom stereocenters. The molecule has 0 spiro atoms. The molecule has 122 valence electrons. The van der Waals surface area contributed by atoms with E-state index in [1.807, 2.05) is 55.5 Å². The van der Waals surface area contributed by atoms with Crippen LogP contribution in [0.25, 0.3) is 10.9 Å². The number of para-hydroxylation sites is 1. The lowest BCUT2D eigenvalue weighted by Gasteiger charge is -2.08. The maximum absolute atomic E-state index is 12.6. The summed E-state index contributed by atoms with van der Waals surface area (Å²) in [7, 11) is 0. The van der Waals surface area contributed by atoms with E-state index in [0.29, 0.717) is 11.7 Å². The predicted molar refractivity (Wildman–Crippen MR) is 102 cm³/mol. The highest BCUT2D eigenvalue weighted by molar-refractivity contribution is 7.99. The summed E-state index contributed by atoms with van der Waals surface area (Å²) < 4.78 is 0. The van der Waals surface area contributed by atoms with Gasteiger partial charge in [0.2, 0.25) is 0 Å². The second kappa shape index (κ2) is 7.18. The molecule has 0 bridgehead atoms. The van der Waals surface area contributed by atoms with Crippen molar-refractivity contribution >= 4 is 28.4 Å². The molecule has 0 aliphatic carbocycles. The van der Waals surface area contributed by atoms with Gasteiger partial charge in [0.15, 0.2) is 5.78 Å². The predicted octanol–water partition coefficient (Wildman–Crippen LogP) is 5.47. The molecule has 0 saturated heterocycles. The van der Waals surface area contributed by atoms with Crippen LogP contribution in [-0.4, -0.2) is 16.0 Å². The maximum Gasteiger partial charge on any atom is 0.167 e. The summed E-state index contributed by atoms with van der Waals surface area (Å²) in [6.45, 7) is 6.31. The zero-order valence-corrected chi connectivity index (χ0v) is 15.1. The summed E-state index contributed by atoms with van der Waals surface area (Å²) in [6.07, 6.45) is 0.379. The topological polar surface area (TPSA) is 30.0 Å². The van der Waals surface area contributed by atoms with Crippen LogP contribution in [0.5, 0.6) is 0 Å². The Bertz CT molecular complexity index is 869. The van der Waals surface area contributed by atoms with Crippen LogP contribution >= 0.6 is 11.8 Å². The number of aryl methyl sites for hydroxylation is 1. The van der Waals surface area contributed by atoms with E-state index in [1.54, 1.807) is 11.8 Å². The number of rotatable bonds is 5. The number of nitrogens with zero attached hydrogens (tertiary/aromatic N) is 1. The molecule has 0 amide bonds. The van der Waals surface area contributed by atoms with Crippen molar-refractivity contribution in [2.45, 2.75) is 37.3 Å².